The lowest BCUT2D eigenvalue weighted by Gasteiger charge is -2.29. The highest BCUT2D eigenvalue weighted by molar-refractivity contribution is 7.99. The van der Waals surface area contributed by atoms with Crippen molar-refractivity contribution in [2.75, 3.05) is 18.4 Å². The van der Waals surface area contributed by atoms with Crippen molar-refractivity contribution in [1.29, 1.82) is 0 Å². The van der Waals surface area contributed by atoms with Gasteiger partial charge in [-0.1, -0.05) is 42.1 Å². The number of hydrogen-bond donors (Lipinski definition) is 2. The second-order valence-corrected chi connectivity index (χ2v) is 7.56. The Hall–Kier alpha value is -1.78. The maximum absolute atomic E-state index is 12.5. The van der Waals surface area contributed by atoms with E-state index in [1.807, 2.05) is 36.4 Å². The van der Waals surface area contributed by atoms with E-state index < -0.39 is 0 Å². The number of anilines is 1. The van der Waals surface area contributed by atoms with Crippen molar-refractivity contribution in [2.45, 2.75) is 42.0 Å². The average molecular weight is 342 g/mol. The first-order chi connectivity index (χ1) is 11.7. The SMILES string of the molecule is C[C@@H]1CCCC[NH+]1CC(=O)Nc1ccccc1Sc1ccccc1. The molecular weight excluding hydrogens is 316 g/mol. The van der Waals surface area contributed by atoms with Crippen LogP contribution < -0.4 is 10.2 Å². The van der Waals surface area contributed by atoms with Gasteiger partial charge >= 0.3 is 0 Å². The lowest BCUT2D eigenvalue weighted by Crippen LogP contribution is -3.17. The highest BCUT2D eigenvalue weighted by Gasteiger charge is 2.24. The van der Waals surface area contributed by atoms with E-state index in [1.165, 1.54) is 29.1 Å². The van der Waals surface area contributed by atoms with Crippen LogP contribution in [-0.4, -0.2) is 25.0 Å². The van der Waals surface area contributed by atoms with Crippen LogP contribution in [0.4, 0.5) is 5.69 Å². The van der Waals surface area contributed by atoms with Gasteiger partial charge in [0.05, 0.1) is 18.3 Å². The van der Waals surface area contributed by atoms with Crippen LogP contribution in [0.5, 0.6) is 0 Å². The predicted octanol–water partition coefficient (Wildman–Crippen LogP) is 3.23. The van der Waals surface area contributed by atoms with Gasteiger partial charge in [0.1, 0.15) is 0 Å². The summed E-state index contributed by atoms with van der Waals surface area (Å²) in [6.45, 7) is 3.92. The highest BCUT2D eigenvalue weighted by Crippen LogP contribution is 2.33. The van der Waals surface area contributed by atoms with E-state index in [1.54, 1.807) is 11.8 Å². The third-order valence-electron chi connectivity index (χ3n) is 4.60. The quantitative estimate of drug-likeness (QED) is 0.875. The normalized spacial score (nSPS) is 20.5. The lowest BCUT2D eigenvalue weighted by molar-refractivity contribution is -0.920. The number of nitrogens with one attached hydrogen (secondary N) is 2. The molecule has 0 aliphatic carbocycles. The van der Waals surface area contributed by atoms with Crippen LogP contribution in [-0.2, 0) is 4.79 Å². The minimum Gasteiger partial charge on any atom is -0.325 e. The van der Waals surface area contributed by atoms with Gasteiger partial charge in [-0.25, -0.2) is 0 Å². The van der Waals surface area contributed by atoms with E-state index in [9.17, 15) is 4.79 Å². The number of amides is 1. The summed E-state index contributed by atoms with van der Waals surface area (Å²) in [7, 11) is 0. The fraction of sp³-hybridized carbons (Fsp3) is 0.350. The number of benzene rings is 2. The van der Waals surface area contributed by atoms with Crippen LogP contribution in [0.3, 0.4) is 0 Å². The topological polar surface area (TPSA) is 33.5 Å². The number of quaternary nitrogens is 1. The molecule has 126 valence electrons. The molecule has 3 rings (SSSR count). The van der Waals surface area contributed by atoms with Gasteiger partial charge in [-0.3, -0.25) is 4.79 Å². The summed E-state index contributed by atoms with van der Waals surface area (Å²) in [6.07, 6.45) is 3.75. The minimum absolute atomic E-state index is 0.111. The van der Waals surface area contributed by atoms with Crippen molar-refractivity contribution >= 4 is 23.4 Å². The zero-order chi connectivity index (χ0) is 16.8. The Morgan fingerprint density at radius 1 is 1.12 bits per heavy atom. The Labute approximate surface area is 148 Å². The summed E-state index contributed by atoms with van der Waals surface area (Å²) in [6, 6.07) is 18.9. The molecular formula is C20H25N2OS+. The number of carbonyl (C=O) groups is 1. The second kappa shape index (κ2) is 8.36. The van der Waals surface area contributed by atoms with Crippen molar-refractivity contribution in [1.82, 2.24) is 0 Å². The van der Waals surface area contributed by atoms with Crippen LogP contribution in [0.15, 0.2) is 64.4 Å². The zero-order valence-electron chi connectivity index (χ0n) is 14.1. The molecule has 1 aliphatic heterocycles. The third kappa shape index (κ3) is 4.62. The molecule has 24 heavy (non-hydrogen) atoms. The first-order valence-electron chi connectivity index (χ1n) is 8.69. The molecule has 0 aromatic heterocycles. The van der Waals surface area contributed by atoms with Crippen LogP contribution in [0.2, 0.25) is 0 Å². The Kier molecular flexibility index (Phi) is 5.94. The average Bonchev–Trinajstić information content (AvgIpc) is 2.60. The number of piperidine rings is 1. The van der Waals surface area contributed by atoms with Crippen LogP contribution in [0, 0.1) is 0 Å². The molecule has 0 spiro atoms. The standard InChI is InChI=1S/C20H24N2OS/c1-16-9-7-8-14-22(16)15-20(23)21-18-12-5-6-13-19(18)24-17-10-3-2-4-11-17/h2-6,10-13,16H,7-9,14-15H2,1H3,(H,21,23)/p+1/t16-/m1/s1. The molecule has 4 heteroatoms. The molecule has 0 radical (unpaired) electrons. The number of rotatable bonds is 5. The highest BCUT2D eigenvalue weighted by atomic mass is 32.2. The minimum atomic E-state index is 0.111. The molecule has 2 aromatic carbocycles. The third-order valence-corrected chi connectivity index (χ3v) is 5.69. The number of carbonyl (C=O) groups excluding carboxylic acids is 1. The van der Waals surface area contributed by atoms with E-state index in [-0.39, 0.29) is 5.91 Å². The van der Waals surface area contributed by atoms with Gasteiger partial charge in [0.2, 0.25) is 0 Å². The van der Waals surface area contributed by atoms with E-state index in [2.05, 4.69) is 30.4 Å². The molecule has 1 aliphatic rings. The van der Waals surface area contributed by atoms with Crippen molar-refractivity contribution in [3.8, 4) is 0 Å². The Bertz CT molecular complexity index is 674. The largest absolute Gasteiger partial charge is 0.325 e. The van der Waals surface area contributed by atoms with Crippen molar-refractivity contribution in [3.63, 3.8) is 0 Å². The van der Waals surface area contributed by atoms with Gasteiger partial charge in [-0.05, 0) is 50.5 Å². The summed E-state index contributed by atoms with van der Waals surface area (Å²) >= 11 is 1.68. The van der Waals surface area contributed by atoms with Gasteiger partial charge < -0.3 is 10.2 Å². The van der Waals surface area contributed by atoms with Crippen LogP contribution in [0.1, 0.15) is 26.2 Å². The number of para-hydroxylation sites is 1. The van der Waals surface area contributed by atoms with E-state index in [0.717, 1.165) is 17.1 Å². The van der Waals surface area contributed by atoms with Gasteiger partial charge in [-0.2, -0.15) is 0 Å². The lowest BCUT2D eigenvalue weighted by atomic mass is 10.0. The zero-order valence-corrected chi connectivity index (χ0v) is 14.9. The molecule has 2 aromatic rings. The van der Waals surface area contributed by atoms with Crippen molar-refractivity contribution in [3.05, 3.63) is 54.6 Å². The summed E-state index contributed by atoms with van der Waals surface area (Å²) < 4.78 is 0. The predicted molar refractivity (Wildman–Crippen MR) is 99.6 cm³/mol. The fourth-order valence-electron chi connectivity index (χ4n) is 3.19. The van der Waals surface area contributed by atoms with Crippen LogP contribution in [0.25, 0.3) is 0 Å². The summed E-state index contributed by atoms with van der Waals surface area (Å²) in [5, 5.41) is 3.12. The molecule has 1 saturated heterocycles. The van der Waals surface area contributed by atoms with E-state index in [0.29, 0.717) is 12.6 Å². The van der Waals surface area contributed by atoms with Gasteiger partial charge in [-0.15, -0.1) is 0 Å². The maximum Gasteiger partial charge on any atom is 0.279 e. The molecule has 1 heterocycles. The summed E-state index contributed by atoms with van der Waals surface area (Å²) in [4.78, 5) is 16.2. The second-order valence-electron chi connectivity index (χ2n) is 6.44. The molecule has 2 atom stereocenters. The fourth-order valence-corrected chi connectivity index (χ4v) is 4.11. The van der Waals surface area contributed by atoms with Crippen molar-refractivity contribution < 1.29 is 9.69 Å². The maximum atomic E-state index is 12.5. The van der Waals surface area contributed by atoms with Gasteiger partial charge in [0, 0.05) is 9.79 Å². The number of hydrogen-bond acceptors (Lipinski definition) is 2. The first-order valence-corrected chi connectivity index (χ1v) is 9.50. The summed E-state index contributed by atoms with van der Waals surface area (Å²) in [5.74, 6) is 0.111. The van der Waals surface area contributed by atoms with E-state index >= 15 is 0 Å². The molecule has 1 fully saturated rings. The Morgan fingerprint density at radius 2 is 1.88 bits per heavy atom. The molecule has 1 unspecified atom stereocenters. The van der Waals surface area contributed by atoms with E-state index in [4.69, 9.17) is 0 Å². The Balaban J connectivity index is 1.65. The number of likely N-dealkylation sites (tertiary alicyclic amines) is 1. The van der Waals surface area contributed by atoms with Gasteiger partial charge in [0.25, 0.3) is 5.91 Å². The molecule has 2 N–H and O–H groups in total. The van der Waals surface area contributed by atoms with Crippen molar-refractivity contribution in [2.24, 2.45) is 0 Å². The Morgan fingerprint density at radius 3 is 2.67 bits per heavy atom. The molecule has 3 nitrogen and oxygen atoms in total. The molecule has 0 saturated carbocycles. The molecule has 0 bridgehead atoms. The monoisotopic (exact) mass is 341 g/mol. The van der Waals surface area contributed by atoms with Crippen LogP contribution >= 0.6 is 11.8 Å². The molecule has 1 amide bonds. The first kappa shape index (κ1) is 17.1. The van der Waals surface area contributed by atoms with Gasteiger partial charge in [0.15, 0.2) is 6.54 Å². The summed E-state index contributed by atoms with van der Waals surface area (Å²) in [5.41, 5.74) is 0.903. The smallest absolute Gasteiger partial charge is 0.279 e.